The summed E-state index contributed by atoms with van der Waals surface area (Å²) in [5.74, 6) is 0.526. The molecule has 1 aliphatic carbocycles. The highest BCUT2D eigenvalue weighted by Crippen LogP contribution is 2.31. The van der Waals surface area contributed by atoms with E-state index in [1.807, 2.05) is 11.8 Å². The first-order chi connectivity index (χ1) is 7.44. The maximum Gasteiger partial charge on any atom is 0.390 e. The molecule has 0 heterocycles. The number of halogens is 3. The zero-order valence-corrected chi connectivity index (χ0v) is 9.98. The lowest BCUT2D eigenvalue weighted by Gasteiger charge is -2.43. The second kappa shape index (κ2) is 5.87. The second-order valence-electron chi connectivity index (χ2n) is 4.56. The van der Waals surface area contributed by atoms with Crippen LogP contribution in [0, 0.1) is 5.92 Å². The Hall–Kier alpha value is -0.290. The van der Waals surface area contributed by atoms with Crippen molar-refractivity contribution in [3.8, 4) is 0 Å². The van der Waals surface area contributed by atoms with Gasteiger partial charge in [0.05, 0.1) is 6.42 Å². The number of nitrogens with zero attached hydrogens (tertiary/aromatic N) is 1. The highest BCUT2D eigenvalue weighted by atomic mass is 19.4. The highest BCUT2D eigenvalue weighted by Gasteiger charge is 2.35. The van der Waals surface area contributed by atoms with E-state index in [1.165, 1.54) is 0 Å². The molecule has 0 aromatic rings. The van der Waals surface area contributed by atoms with Crippen LogP contribution in [-0.4, -0.2) is 43.8 Å². The molecule has 2 atom stereocenters. The highest BCUT2D eigenvalue weighted by molar-refractivity contribution is 4.88. The molecule has 1 fully saturated rings. The molecule has 16 heavy (non-hydrogen) atoms. The first kappa shape index (κ1) is 13.8. The van der Waals surface area contributed by atoms with Crippen molar-refractivity contribution in [1.29, 1.82) is 0 Å². The molecule has 1 rings (SSSR count). The average molecular weight is 238 g/mol. The molecule has 96 valence electrons. The molecule has 0 aromatic heterocycles. The van der Waals surface area contributed by atoms with Crippen LogP contribution >= 0.6 is 0 Å². The first-order valence-electron chi connectivity index (χ1n) is 5.91. The first-order valence-corrected chi connectivity index (χ1v) is 5.91. The lowest BCUT2D eigenvalue weighted by molar-refractivity contribution is -0.140. The van der Waals surface area contributed by atoms with Gasteiger partial charge in [0.2, 0.25) is 0 Å². The van der Waals surface area contributed by atoms with Crippen molar-refractivity contribution in [1.82, 2.24) is 10.2 Å². The van der Waals surface area contributed by atoms with E-state index in [-0.39, 0.29) is 6.54 Å². The second-order valence-corrected chi connectivity index (χ2v) is 4.56. The van der Waals surface area contributed by atoms with Gasteiger partial charge in [0.1, 0.15) is 0 Å². The number of alkyl halides is 3. The van der Waals surface area contributed by atoms with Crippen LogP contribution in [0.25, 0.3) is 0 Å². The summed E-state index contributed by atoms with van der Waals surface area (Å²) in [7, 11) is 1.80. The summed E-state index contributed by atoms with van der Waals surface area (Å²) in [6, 6.07) is 0.335. The van der Waals surface area contributed by atoms with Crippen molar-refractivity contribution in [3.05, 3.63) is 0 Å². The maximum atomic E-state index is 12.1. The molecule has 0 saturated heterocycles. The van der Waals surface area contributed by atoms with E-state index >= 15 is 0 Å². The van der Waals surface area contributed by atoms with Crippen molar-refractivity contribution in [2.75, 3.05) is 26.7 Å². The third kappa shape index (κ3) is 4.29. The molecular weight excluding hydrogens is 217 g/mol. The Balaban J connectivity index is 2.23. The minimum Gasteiger partial charge on any atom is -0.317 e. The number of nitrogens with one attached hydrogen (secondary N) is 1. The minimum atomic E-state index is -4.03. The van der Waals surface area contributed by atoms with Crippen molar-refractivity contribution >= 4 is 0 Å². The lowest BCUT2D eigenvalue weighted by atomic mass is 9.78. The van der Waals surface area contributed by atoms with Crippen molar-refractivity contribution in [2.24, 2.45) is 5.92 Å². The molecular formula is C11H21F3N2. The molecule has 0 bridgehead atoms. The average Bonchev–Trinajstić information content (AvgIpc) is 2.12. The van der Waals surface area contributed by atoms with Gasteiger partial charge in [-0.3, -0.25) is 0 Å². The Morgan fingerprint density at radius 2 is 2.00 bits per heavy atom. The number of rotatable bonds is 6. The van der Waals surface area contributed by atoms with Crippen LogP contribution in [0.4, 0.5) is 13.2 Å². The van der Waals surface area contributed by atoms with Crippen LogP contribution in [0.2, 0.25) is 0 Å². The fraction of sp³-hybridized carbons (Fsp3) is 1.00. The standard InChI is InChI=1S/C11H21F3N2/c1-3-15-8-9-4-5-10(9)16(2)7-6-11(12,13)14/h9-10,15H,3-8H2,1-2H3. The molecule has 2 nitrogen and oxygen atoms in total. The van der Waals surface area contributed by atoms with Crippen molar-refractivity contribution in [2.45, 2.75) is 38.4 Å². The minimum absolute atomic E-state index is 0.122. The smallest absolute Gasteiger partial charge is 0.317 e. The molecule has 1 saturated carbocycles. The summed E-state index contributed by atoms with van der Waals surface area (Å²) >= 11 is 0. The Kier molecular flexibility index (Phi) is 5.05. The molecule has 1 N–H and O–H groups in total. The van der Waals surface area contributed by atoms with E-state index in [0.717, 1.165) is 25.9 Å². The summed E-state index contributed by atoms with van der Waals surface area (Å²) < 4.78 is 36.2. The molecule has 0 aromatic carbocycles. The normalized spacial score (nSPS) is 25.9. The molecule has 0 spiro atoms. The van der Waals surface area contributed by atoms with Gasteiger partial charge in [-0.05, 0) is 38.9 Å². The molecule has 2 unspecified atom stereocenters. The Labute approximate surface area is 95.2 Å². The summed E-state index contributed by atoms with van der Waals surface area (Å²) in [5.41, 5.74) is 0. The summed E-state index contributed by atoms with van der Waals surface area (Å²) in [6.07, 6.45) is -2.57. The predicted octanol–water partition coefficient (Wildman–Crippen LogP) is 2.26. The summed E-state index contributed by atoms with van der Waals surface area (Å²) in [6.45, 7) is 4.02. The maximum absolute atomic E-state index is 12.1. The van der Waals surface area contributed by atoms with Gasteiger partial charge in [0, 0.05) is 12.6 Å². The van der Waals surface area contributed by atoms with E-state index in [1.54, 1.807) is 7.05 Å². The largest absolute Gasteiger partial charge is 0.390 e. The zero-order chi connectivity index (χ0) is 12.2. The van der Waals surface area contributed by atoms with Crippen LogP contribution in [0.5, 0.6) is 0 Å². The number of hydrogen-bond acceptors (Lipinski definition) is 2. The topological polar surface area (TPSA) is 15.3 Å². The quantitative estimate of drug-likeness (QED) is 0.763. The van der Waals surface area contributed by atoms with Crippen LogP contribution in [0.3, 0.4) is 0 Å². The van der Waals surface area contributed by atoms with Gasteiger partial charge in [-0.15, -0.1) is 0 Å². The van der Waals surface area contributed by atoms with E-state index < -0.39 is 12.6 Å². The van der Waals surface area contributed by atoms with Gasteiger partial charge < -0.3 is 10.2 Å². The summed E-state index contributed by atoms with van der Waals surface area (Å²) in [4.78, 5) is 1.86. The van der Waals surface area contributed by atoms with Crippen molar-refractivity contribution < 1.29 is 13.2 Å². The van der Waals surface area contributed by atoms with Crippen molar-refractivity contribution in [3.63, 3.8) is 0 Å². The monoisotopic (exact) mass is 238 g/mol. The van der Waals surface area contributed by atoms with Crippen LogP contribution in [0.1, 0.15) is 26.2 Å². The van der Waals surface area contributed by atoms with Gasteiger partial charge >= 0.3 is 6.18 Å². The molecule has 5 heteroatoms. The Morgan fingerprint density at radius 1 is 1.31 bits per heavy atom. The summed E-state index contributed by atoms with van der Waals surface area (Å²) in [5, 5.41) is 3.26. The van der Waals surface area contributed by atoms with Gasteiger partial charge in [0.25, 0.3) is 0 Å². The van der Waals surface area contributed by atoms with Gasteiger partial charge in [-0.1, -0.05) is 6.92 Å². The fourth-order valence-electron chi connectivity index (χ4n) is 2.17. The molecule has 0 amide bonds. The van der Waals surface area contributed by atoms with Crippen LogP contribution in [-0.2, 0) is 0 Å². The SMILES string of the molecule is CCNCC1CCC1N(C)CCC(F)(F)F. The molecule has 1 aliphatic rings. The Morgan fingerprint density at radius 3 is 2.44 bits per heavy atom. The zero-order valence-electron chi connectivity index (χ0n) is 9.98. The van der Waals surface area contributed by atoms with Crippen LogP contribution < -0.4 is 5.32 Å². The van der Waals surface area contributed by atoms with E-state index in [2.05, 4.69) is 5.32 Å². The predicted molar refractivity (Wildman–Crippen MR) is 58.4 cm³/mol. The third-order valence-corrected chi connectivity index (χ3v) is 3.35. The van der Waals surface area contributed by atoms with Gasteiger partial charge in [0.15, 0.2) is 0 Å². The molecule has 0 radical (unpaired) electrons. The number of hydrogen-bond donors (Lipinski definition) is 1. The van der Waals surface area contributed by atoms with E-state index in [4.69, 9.17) is 0 Å². The molecule has 0 aliphatic heterocycles. The van der Waals surface area contributed by atoms with Crippen LogP contribution in [0.15, 0.2) is 0 Å². The third-order valence-electron chi connectivity index (χ3n) is 3.35. The fourth-order valence-corrected chi connectivity index (χ4v) is 2.17. The van der Waals surface area contributed by atoms with E-state index in [9.17, 15) is 13.2 Å². The Bertz CT molecular complexity index is 206. The van der Waals surface area contributed by atoms with E-state index in [0.29, 0.717) is 12.0 Å². The van der Waals surface area contributed by atoms with Gasteiger partial charge in [-0.25, -0.2) is 0 Å². The lowest BCUT2D eigenvalue weighted by Crippen LogP contribution is -2.49. The van der Waals surface area contributed by atoms with Gasteiger partial charge in [-0.2, -0.15) is 13.2 Å².